The van der Waals surface area contributed by atoms with Gasteiger partial charge < -0.3 is 10.4 Å². The van der Waals surface area contributed by atoms with Crippen LogP contribution in [0.4, 0.5) is 5.82 Å². The average molecular weight is 221 g/mol. The van der Waals surface area contributed by atoms with E-state index < -0.39 is 5.97 Å². The zero-order valence-electron chi connectivity index (χ0n) is 9.18. The number of hydrogen-bond donors (Lipinski definition) is 2. The number of aliphatic carboxylic acids is 1. The molecule has 0 bridgehead atoms. The van der Waals surface area contributed by atoms with E-state index in [0.29, 0.717) is 6.42 Å². The van der Waals surface area contributed by atoms with E-state index in [1.54, 1.807) is 12.4 Å². The van der Waals surface area contributed by atoms with Crippen LogP contribution >= 0.6 is 0 Å². The molecular formula is C11H15N3O2. The summed E-state index contributed by atoms with van der Waals surface area (Å²) in [5, 5.41) is 12.2. The third-order valence-corrected chi connectivity index (χ3v) is 3.00. The molecule has 1 aromatic rings. The van der Waals surface area contributed by atoms with E-state index >= 15 is 0 Å². The largest absolute Gasteiger partial charge is 0.481 e. The fourth-order valence-electron chi connectivity index (χ4n) is 2.08. The van der Waals surface area contributed by atoms with Crippen molar-refractivity contribution in [2.45, 2.75) is 32.2 Å². The van der Waals surface area contributed by atoms with Gasteiger partial charge in [0.2, 0.25) is 0 Å². The fourth-order valence-corrected chi connectivity index (χ4v) is 2.08. The molecule has 0 spiro atoms. The van der Waals surface area contributed by atoms with E-state index in [4.69, 9.17) is 5.11 Å². The van der Waals surface area contributed by atoms with Crippen LogP contribution in [0.3, 0.4) is 0 Å². The number of carboxylic acids is 1. The molecule has 0 unspecified atom stereocenters. The van der Waals surface area contributed by atoms with E-state index in [2.05, 4.69) is 15.3 Å². The lowest BCUT2D eigenvalue weighted by atomic mass is 10.1. The first-order chi connectivity index (χ1) is 7.66. The van der Waals surface area contributed by atoms with Gasteiger partial charge in [-0.15, -0.1) is 0 Å². The molecule has 1 fully saturated rings. The van der Waals surface area contributed by atoms with E-state index in [9.17, 15) is 4.79 Å². The van der Waals surface area contributed by atoms with Crippen LogP contribution in [0.5, 0.6) is 0 Å². The summed E-state index contributed by atoms with van der Waals surface area (Å²) < 4.78 is 0. The summed E-state index contributed by atoms with van der Waals surface area (Å²) in [6, 6.07) is 0.205. The summed E-state index contributed by atoms with van der Waals surface area (Å²) in [4.78, 5) is 19.1. The van der Waals surface area contributed by atoms with E-state index in [1.807, 2.05) is 6.92 Å². The molecule has 0 saturated heterocycles. The Morgan fingerprint density at radius 1 is 1.44 bits per heavy atom. The van der Waals surface area contributed by atoms with E-state index in [1.165, 1.54) is 0 Å². The average Bonchev–Trinajstić information content (AvgIpc) is 2.70. The molecule has 5 nitrogen and oxygen atoms in total. The molecule has 0 amide bonds. The van der Waals surface area contributed by atoms with Gasteiger partial charge in [-0.25, -0.2) is 4.98 Å². The minimum absolute atomic E-state index is 0.205. The molecule has 1 saturated carbocycles. The molecule has 1 aliphatic rings. The Kier molecular flexibility index (Phi) is 3.03. The normalized spacial score (nSPS) is 24.3. The molecule has 5 heteroatoms. The van der Waals surface area contributed by atoms with Crippen molar-refractivity contribution in [3.05, 3.63) is 18.1 Å². The van der Waals surface area contributed by atoms with Gasteiger partial charge in [-0.1, -0.05) is 0 Å². The highest BCUT2D eigenvalue weighted by Gasteiger charge is 2.29. The van der Waals surface area contributed by atoms with Crippen molar-refractivity contribution in [1.29, 1.82) is 0 Å². The summed E-state index contributed by atoms with van der Waals surface area (Å²) in [5.74, 6) is -0.145. The second-order valence-corrected chi connectivity index (χ2v) is 4.18. The highest BCUT2D eigenvalue weighted by Crippen LogP contribution is 2.28. The zero-order valence-corrected chi connectivity index (χ0v) is 9.18. The van der Waals surface area contributed by atoms with Gasteiger partial charge >= 0.3 is 5.97 Å². The van der Waals surface area contributed by atoms with Gasteiger partial charge in [0.15, 0.2) is 0 Å². The molecule has 0 aromatic carbocycles. The predicted molar refractivity (Wildman–Crippen MR) is 59.2 cm³/mol. The Bertz CT molecular complexity index is 395. The maximum Gasteiger partial charge on any atom is 0.306 e. The van der Waals surface area contributed by atoms with Gasteiger partial charge in [-0.3, -0.25) is 9.78 Å². The van der Waals surface area contributed by atoms with Gasteiger partial charge in [0, 0.05) is 18.4 Å². The van der Waals surface area contributed by atoms with Gasteiger partial charge in [-0.2, -0.15) is 0 Å². The number of carboxylic acid groups (broad SMARTS) is 1. The van der Waals surface area contributed by atoms with Crippen molar-refractivity contribution < 1.29 is 9.90 Å². The number of nitrogens with zero attached hydrogens (tertiary/aromatic N) is 2. The highest BCUT2D eigenvalue weighted by atomic mass is 16.4. The molecule has 0 radical (unpaired) electrons. The zero-order chi connectivity index (χ0) is 11.5. The van der Waals surface area contributed by atoms with Crippen LogP contribution in [0, 0.1) is 12.8 Å². The summed E-state index contributed by atoms with van der Waals surface area (Å²) in [6.07, 6.45) is 5.58. The number of carbonyl (C=O) groups is 1. The Morgan fingerprint density at radius 2 is 2.19 bits per heavy atom. The number of aromatic nitrogens is 2. The van der Waals surface area contributed by atoms with Crippen molar-refractivity contribution in [3.63, 3.8) is 0 Å². The predicted octanol–water partition coefficient (Wildman–Crippen LogP) is 1.45. The Labute approximate surface area is 93.9 Å². The second-order valence-electron chi connectivity index (χ2n) is 4.18. The lowest BCUT2D eigenvalue weighted by molar-refractivity contribution is -0.141. The van der Waals surface area contributed by atoms with Crippen molar-refractivity contribution in [2.24, 2.45) is 5.92 Å². The van der Waals surface area contributed by atoms with E-state index in [0.717, 1.165) is 24.4 Å². The van der Waals surface area contributed by atoms with Crippen LogP contribution < -0.4 is 5.32 Å². The van der Waals surface area contributed by atoms with Crippen molar-refractivity contribution in [3.8, 4) is 0 Å². The van der Waals surface area contributed by atoms with Crippen LogP contribution in [0.2, 0.25) is 0 Å². The third kappa shape index (κ3) is 2.29. The molecule has 2 rings (SSSR count). The van der Waals surface area contributed by atoms with Crippen LogP contribution in [0.15, 0.2) is 12.4 Å². The molecule has 2 N–H and O–H groups in total. The van der Waals surface area contributed by atoms with Crippen LogP contribution in [-0.4, -0.2) is 27.1 Å². The third-order valence-electron chi connectivity index (χ3n) is 3.00. The minimum Gasteiger partial charge on any atom is -0.481 e. The smallest absolute Gasteiger partial charge is 0.306 e. The standard InChI is InChI=1S/C11H15N3O2/c1-7-10(13-5-4-12-7)14-9-3-2-8(6-9)11(15)16/h4-5,8-9H,2-3,6H2,1H3,(H,13,14)(H,15,16)/t8-,9+/m1/s1. The highest BCUT2D eigenvalue weighted by molar-refractivity contribution is 5.70. The fraction of sp³-hybridized carbons (Fsp3) is 0.545. The summed E-state index contributed by atoms with van der Waals surface area (Å²) in [6.45, 7) is 1.89. The molecule has 16 heavy (non-hydrogen) atoms. The molecule has 0 aliphatic heterocycles. The molecule has 2 atom stereocenters. The summed E-state index contributed by atoms with van der Waals surface area (Å²) in [5.41, 5.74) is 0.848. The van der Waals surface area contributed by atoms with Crippen molar-refractivity contribution in [2.75, 3.05) is 5.32 Å². The lowest BCUT2D eigenvalue weighted by Crippen LogP contribution is -2.19. The SMILES string of the molecule is Cc1nccnc1N[C@H]1CC[C@@H](C(=O)O)C1. The molecule has 1 heterocycles. The quantitative estimate of drug-likeness (QED) is 0.808. The van der Waals surface area contributed by atoms with Crippen LogP contribution in [0.1, 0.15) is 25.0 Å². The Hall–Kier alpha value is -1.65. The number of aryl methyl sites for hydroxylation is 1. The van der Waals surface area contributed by atoms with Crippen molar-refractivity contribution >= 4 is 11.8 Å². The monoisotopic (exact) mass is 221 g/mol. The number of anilines is 1. The molecule has 1 aromatic heterocycles. The number of nitrogens with one attached hydrogen (secondary N) is 1. The van der Waals surface area contributed by atoms with Crippen LogP contribution in [0.25, 0.3) is 0 Å². The molecular weight excluding hydrogens is 206 g/mol. The maximum atomic E-state index is 10.8. The Balaban J connectivity index is 1.97. The summed E-state index contributed by atoms with van der Waals surface area (Å²) >= 11 is 0. The maximum absolute atomic E-state index is 10.8. The van der Waals surface area contributed by atoms with Gasteiger partial charge in [0.1, 0.15) is 5.82 Å². The Morgan fingerprint density at radius 3 is 2.81 bits per heavy atom. The molecule has 1 aliphatic carbocycles. The van der Waals surface area contributed by atoms with Crippen molar-refractivity contribution in [1.82, 2.24) is 9.97 Å². The van der Waals surface area contributed by atoms with Gasteiger partial charge in [0.25, 0.3) is 0 Å². The first-order valence-corrected chi connectivity index (χ1v) is 5.44. The second kappa shape index (κ2) is 4.47. The van der Waals surface area contributed by atoms with Gasteiger partial charge in [0.05, 0.1) is 11.6 Å². The lowest BCUT2D eigenvalue weighted by Gasteiger charge is -2.13. The topological polar surface area (TPSA) is 75.1 Å². The van der Waals surface area contributed by atoms with Gasteiger partial charge in [-0.05, 0) is 26.2 Å². The number of rotatable bonds is 3. The summed E-state index contributed by atoms with van der Waals surface area (Å²) in [7, 11) is 0. The first kappa shape index (κ1) is 10.9. The van der Waals surface area contributed by atoms with Crippen LogP contribution in [-0.2, 0) is 4.79 Å². The molecule has 86 valence electrons. The first-order valence-electron chi connectivity index (χ1n) is 5.44. The van der Waals surface area contributed by atoms with E-state index in [-0.39, 0.29) is 12.0 Å². The number of hydrogen-bond acceptors (Lipinski definition) is 4. The minimum atomic E-state index is -0.694.